The maximum atomic E-state index is 12.0. The van der Waals surface area contributed by atoms with Gasteiger partial charge in [-0.1, -0.05) is 36.4 Å². The molecular formula is C22H24N3O2. The van der Waals surface area contributed by atoms with Crippen LogP contribution in [0.15, 0.2) is 54.7 Å². The number of hydrogen-bond donors (Lipinski definition) is 3. The lowest BCUT2D eigenvalue weighted by molar-refractivity contribution is -0.117. The summed E-state index contributed by atoms with van der Waals surface area (Å²) < 4.78 is 0. The number of aromatic amines is 1. The number of nitrogens with one attached hydrogen (secondary N) is 2. The molecule has 0 saturated carbocycles. The van der Waals surface area contributed by atoms with Crippen molar-refractivity contribution >= 4 is 22.7 Å². The van der Waals surface area contributed by atoms with Crippen molar-refractivity contribution in [2.24, 2.45) is 5.73 Å². The molecule has 1 heterocycles. The van der Waals surface area contributed by atoms with Gasteiger partial charge in [0.2, 0.25) is 11.8 Å². The maximum Gasteiger partial charge on any atom is 0.248 e. The molecule has 0 fully saturated rings. The van der Waals surface area contributed by atoms with E-state index in [0.29, 0.717) is 18.5 Å². The van der Waals surface area contributed by atoms with Gasteiger partial charge in [0.25, 0.3) is 0 Å². The molecule has 3 aromatic rings. The van der Waals surface area contributed by atoms with E-state index in [9.17, 15) is 9.59 Å². The van der Waals surface area contributed by atoms with Crippen molar-refractivity contribution in [3.63, 3.8) is 0 Å². The number of amides is 2. The average Bonchev–Trinajstić information content (AvgIpc) is 3.09. The van der Waals surface area contributed by atoms with Crippen molar-refractivity contribution in [1.29, 1.82) is 0 Å². The first kappa shape index (κ1) is 18.7. The Bertz CT molecular complexity index is 930. The molecule has 0 spiro atoms. The van der Waals surface area contributed by atoms with Crippen molar-refractivity contribution in [2.75, 3.05) is 6.54 Å². The molecule has 1 aromatic heterocycles. The molecule has 0 saturated heterocycles. The minimum atomic E-state index is -0.397. The third-order valence-electron chi connectivity index (χ3n) is 4.64. The number of primary amides is 1. The van der Waals surface area contributed by atoms with Crippen molar-refractivity contribution in [1.82, 2.24) is 10.3 Å². The molecule has 0 aliphatic carbocycles. The minimum Gasteiger partial charge on any atom is -0.366 e. The number of aromatic nitrogens is 1. The van der Waals surface area contributed by atoms with E-state index < -0.39 is 5.91 Å². The third kappa shape index (κ3) is 4.97. The molecular weight excluding hydrogens is 338 g/mol. The highest BCUT2D eigenvalue weighted by atomic mass is 16.1. The van der Waals surface area contributed by atoms with E-state index in [1.165, 1.54) is 0 Å². The highest BCUT2D eigenvalue weighted by molar-refractivity contribution is 5.94. The second kappa shape index (κ2) is 9.03. The Morgan fingerprint density at radius 1 is 1.00 bits per heavy atom. The van der Waals surface area contributed by atoms with Gasteiger partial charge in [-0.15, -0.1) is 0 Å². The van der Waals surface area contributed by atoms with Gasteiger partial charge in [-0.3, -0.25) is 9.59 Å². The topological polar surface area (TPSA) is 88.0 Å². The summed E-state index contributed by atoms with van der Waals surface area (Å²) in [7, 11) is 0. The van der Waals surface area contributed by atoms with Crippen LogP contribution in [0.2, 0.25) is 0 Å². The van der Waals surface area contributed by atoms with Crippen molar-refractivity contribution in [2.45, 2.75) is 25.7 Å². The van der Waals surface area contributed by atoms with Gasteiger partial charge >= 0.3 is 0 Å². The normalized spacial score (nSPS) is 10.8. The van der Waals surface area contributed by atoms with Crippen LogP contribution in [0.1, 0.15) is 34.3 Å². The number of hydrogen-bond acceptors (Lipinski definition) is 2. The highest BCUT2D eigenvalue weighted by Gasteiger charge is 2.08. The molecule has 4 N–H and O–H groups in total. The number of nitrogens with two attached hydrogens (primary N) is 1. The molecule has 0 aliphatic rings. The summed E-state index contributed by atoms with van der Waals surface area (Å²) in [5.41, 5.74) is 9.12. The molecule has 5 heteroatoms. The predicted octanol–water partition coefficient (Wildman–Crippen LogP) is 3.15. The van der Waals surface area contributed by atoms with E-state index in [4.69, 9.17) is 5.73 Å². The van der Waals surface area contributed by atoms with E-state index >= 15 is 0 Å². The van der Waals surface area contributed by atoms with Gasteiger partial charge in [0, 0.05) is 29.2 Å². The fourth-order valence-electron chi connectivity index (χ4n) is 3.21. The van der Waals surface area contributed by atoms with Gasteiger partial charge in [-0.25, -0.2) is 0 Å². The number of unbranched alkanes of at least 4 members (excludes halogenated alkanes) is 1. The zero-order valence-corrected chi connectivity index (χ0v) is 15.2. The van der Waals surface area contributed by atoms with Crippen LogP contribution in [-0.4, -0.2) is 23.3 Å². The van der Waals surface area contributed by atoms with Crippen LogP contribution >= 0.6 is 0 Å². The fraction of sp³-hybridized carbons (Fsp3) is 0.227. The molecule has 5 nitrogen and oxygen atoms in total. The van der Waals surface area contributed by atoms with Crippen molar-refractivity contribution in [3.8, 4) is 0 Å². The van der Waals surface area contributed by atoms with E-state index in [1.807, 2.05) is 42.6 Å². The zero-order valence-electron chi connectivity index (χ0n) is 15.2. The first-order valence-corrected chi connectivity index (χ1v) is 9.19. The first-order chi connectivity index (χ1) is 13.1. The molecule has 0 bridgehead atoms. The van der Waals surface area contributed by atoms with E-state index in [2.05, 4.69) is 16.4 Å². The number of aryl methyl sites for hydroxylation is 1. The number of fused-ring (bicyclic) bond motifs is 1. The molecule has 0 unspecified atom stereocenters. The predicted molar refractivity (Wildman–Crippen MR) is 107 cm³/mol. The lowest BCUT2D eigenvalue weighted by Crippen LogP contribution is -2.25. The van der Waals surface area contributed by atoms with Crippen LogP contribution in [0.25, 0.3) is 10.9 Å². The quantitative estimate of drug-likeness (QED) is 0.511. The van der Waals surface area contributed by atoms with Crippen LogP contribution in [0.3, 0.4) is 0 Å². The van der Waals surface area contributed by atoms with Crippen LogP contribution < -0.4 is 11.1 Å². The Kier molecular flexibility index (Phi) is 6.26. The summed E-state index contributed by atoms with van der Waals surface area (Å²) in [5, 5.41) is 4.07. The molecule has 1 radical (unpaired) electrons. The first-order valence-electron chi connectivity index (χ1n) is 9.19. The summed E-state index contributed by atoms with van der Waals surface area (Å²) >= 11 is 0. The second-order valence-corrected chi connectivity index (χ2v) is 6.54. The summed E-state index contributed by atoms with van der Waals surface area (Å²) in [5.74, 6) is -0.455. The van der Waals surface area contributed by atoms with E-state index in [0.717, 1.165) is 41.3 Å². The number of H-pyrrole nitrogens is 1. The van der Waals surface area contributed by atoms with Gasteiger partial charge in [0.05, 0.1) is 6.42 Å². The van der Waals surface area contributed by atoms with E-state index in [1.54, 1.807) is 12.5 Å². The number of para-hydroxylation sites is 1. The van der Waals surface area contributed by atoms with Crippen LogP contribution in [0.4, 0.5) is 0 Å². The van der Waals surface area contributed by atoms with Crippen molar-refractivity contribution < 1.29 is 9.59 Å². The number of carbonyl (C=O) groups excluding carboxylic acids is 2. The SMILES string of the molecule is NC(=O)c1ccccc1CCCCNC(=O)[CH]Cc1c[nH]c2ccccc12. The Morgan fingerprint density at radius 3 is 2.63 bits per heavy atom. The van der Waals surface area contributed by atoms with Gasteiger partial charge in [0.15, 0.2) is 0 Å². The fourth-order valence-corrected chi connectivity index (χ4v) is 3.21. The summed E-state index contributed by atoms with van der Waals surface area (Å²) in [6.07, 6.45) is 6.73. The van der Waals surface area contributed by atoms with Gasteiger partial charge < -0.3 is 16.0 Å². The molecule has 2 aromatic carbocycles. The largest absolute Gasteiger partial charge is 0.366 e. The number of carbonyl (C=O) groups is 2. The number of benzene rings is 2. The molecule has 0 atom stereocenters. The maximum absolute atomic E-state index is 12.0. The number of rotatable bonds is 9. The Hall–Kier alpha value is -3.08. The minimum absolute atomic E-state index is 0.0576. The Labute approximate surface area is 159 Å². The van der Waals surface area contributed by atoms with Crippen LogP contribution in [0.5, 0.6) is 0 Å². The zero-order chi connectivity index (χ0) is 19.1. The van der Waals surface area contributed by atoms with E-state index in [-0.39, 0.29) is 5.91 Å². The molecule has 2 amide bonds. The van der Waals surface area contributed by atoms with Gasteiger partial charge in [0.1, 0.15) is 0 Å². The smallest absolute Gasteiger partial charge is 0.248 e. The summed E-state index contributed by atoms with van der Waals surface area (Å²) in [4.78, 5) is 26.6. The van der Waals surface area contributed by atoms with Gasteiger partial charge in [-0.05, 0) is 48.9 Å². The van der Waals surface area contributed by atoms with Crippen LogP contribution in [0, 0.1) is 6.42 Å². The Balaban J connectivity index is 1.37. The Morgan fingerprint density at radius 2 is 1.78 bits per heavy atom. The summed E-state index contributed by atoms with van der Waals surface area (Å²) in [6, 6.07) is 15.5. The standard InChI is InChI=1S/C22H24N3O2/c23-22(27)19-10-2-1-7-16(19)8-5-6-14-24-21(26)13-12-17-15-25-20-11-4-3-9-18(17)20/h1-4,7,9-11,13,15,25H,5-6,8,12,14H2,(H2,23,27)(H,24,26). The van der Waals surface area contributed by atoms with Crippen LogP contribution in [-0.2, 0) is 17.6 Å². The molecule has 0 aliphatic heterocycles. The summed E-state index contributed by atoms with van der Waals surface area (Å²) in [6.45, 7) is 0.613. The lowest BCUT2D eigenvalue weighted by Gasteiger charge is -2.07. The van der Waals surface area contributed by atoms with Gasteiger partial charge in [-0.2, -0.15) is 0 Å². The monoisotopic (exact) mass is 362 g/mol. The average molecular weight is 362 g/mol. The molecule has 3 rings (SSSR count). The second-order valence-electron chi connectivity index (χ2n) is 6.54. The highest BCUT2D eigenvalue weighted by Crippen LogP contribution is 2.18. The van der Waals surface area contributed by atoms with Crippen molar-refractivity contribution in [3.05, 3.63) is 77.8 Å². The lowest BCUT2D eigenvalue weighted by atomic mass is 10.0. The molecule has 27 heavy (non-hydrogen) atoms. The molecule has 139 valence electrons. The third-order valence-corrected chi connectivity index (χ3v) is 4.64.